The fourth-order valence-corrected chi connectivity index (χ4v) is 3.91. The van der Waals surface area contributed by atoms with Gasteiger partial charge in [0.15, 0.2) is 5.82 Å². The first-order valence-corrected chi connectivity index (χ1v) is 8.07. The Bertz CT molecular complexity index is 738. The Labute approximate surface area is 131 Å². The predicted octanol–water partition coefficient (Wildman–Crippen LogP) is 1.79. The molecule has 21 heavy (non-hydrogen) atoms. The highest BCUT2D eigenvalue weighted by Gasteiger charge is 2.22. The third kappa shape index (κ3) is 3.85. The first kappa shape index (κ1) is 16.0. The van der Waals surface area contributed by atoms with Crippen molar-refractivity contribution in [3.05, 3.63) is 33.9 Å². The first-order chi connectivity index (χ1) is 9.79. The molecule has 0 unspecified atom stereocenters. The summed E-state index contributed by atoms with van der Waals surface area (Å²) >= 11 is 11.8. The van der Waals surface area contributed by atoms with Gasteiger partial charge in [-0.25, -0.2) is 13.1 Å². The van der Waals surface area contributed by atoms with Crippen LogP contribution in [0, 0.1) is 6.92 Å². The van der Waals surface area contributed by atoms with Crippen molar-refractivity contribution in [2.24, 2.45) is 0 Å². The largest absolute Gasteiger partial charge is 0.399 e. The second kappa shape index (κ2) is 6.18. The summed E-state index contributed by atoms with van der Waals surface area (Å²) in [6.45, 7) is 1.73. The lowest BCUT2D eigenvalue weighted by Crippen LogP contribution is -2.26. The highest BCUT2D eigenvalue weighted by atomic mass is 35.5. The summed E-state index contributed by atoms with van der Waals surface area (Å²) in [5, 5.41) is 3.59. The molecule has 0 aliphatic heterocycles. The molecular weight excluding hydrogens is 339 g/mol. The average Bonchev–Trinajstić information content (AvgIpc) is 2.72. The maximum absolute atomic E-state index is 12.2. The number of anilines is 1. The van der Waals surface area contributed by atoms with Gasteiger partial charge in [-0.15, -0.1) is 0 Å². The van der Waals surface area contributed by atoms with Crippen molar-refractivity contribution in [1.82, 2.24) is 14.9 Å². The Kier molecular flexibility index (Phi) is 4.72. The topological polar surface area (TPSA) is 111 Å². The fourth-order valence-electron chi connectivity index (χ4n) is 1.65. The second-order valence-electron chi connectivity index (χ2n) is 4.19. The lowest BCUT2D eigenvalue weighted by molar-refractivity contribution is 0.387. The van der Waals surface area contributed by atoms with Gasteiger partial charge >= 0.3 is 0 Å². The summed E-state index contributed by atoms with van der Waals surface area (Å²) in [4.78, 5) is 3.76. The SMILES string of the molecule is Cc1nc(CCNS(=O)(=O)c2c(Cl)cc(N)cc2Cl)no1. The third-order valence-corrected chi connectivity index (χ3v) is 4.88. The van der Waals surface area contributed by atoms with Gasteiger partial charge in [-0.2, -0.15) is 4.98 Å². The zero-order chi connectivity index (χ0) is 15.6. The highest BCUT2D eigenvalue weighted by Crippen LogP contribution is 2.31. The quantitative estimate of drug-likeness (QED) is 0.795. The minimum absolute atomic E-state index is 0.0390. The zero-order valence-corrected chi connectivity index (χ0v) is 13.3. The number of aromatic nitrogens is 2. The van der Waals surface area contributed by atoms with E-state index < -0.39 is 10.0 Å². The molecule has 3 N–H and O–H groups in total. The average molecular weight is 351 g/mol. The van der Waals surface area contributed by atoms with E-state index in [1.54, 1.807) is 6.92 Å². The minimum atomic E-state index is -3.86. The van der Waals surface area contributed by atoms with Gasteiger partial charge in [-0.3, -0.25) is 0 Å². The summed E-state index contributed by atoms with van der Waals surface area (Å²) in [6, 6.07) is 2.65. The Morgan fingerprint density at radius 2 is 1.95 bits per heavy atom. The van der Waals surface area contributed by atoms with Gasteiger partial charge in [0.05, 0.1) is 10.0 Å². The van der Waals surface area contributed by atoms with Crippen LogP contribution in [0.1, 0.15) is 11.7 Å². The van der Waals surface area contributed by atoms with Crippen LogP contribution in [0.5, 0.6) is 0 Å². The molecule has 114 valence electrons. The summed E-state index contributed by atoms with van der Waals surface area (Å²) in [6.07, 6.45) is 0.279. The number of hydrogen-bond acceptors (Lipinski definition) is 6. The Morgan fingerprint density at radius 1 is 1.33 bits per heavy atom. The van der Waals surface area contributed by atoms with Crippen LogP contribution >= 0.6 is 23.2 Å². The summed E-state index contributed by atoms with van der Waals surface area (Å²) in [5.41, 5.74) is 5.82. The molecule has 7 nitrogen and oxygen atoms in total. The minimum Gasteiger partial charge on any atom is -0.399 e. The van der Waals surface area contributed by atoms with Gasteiger partial charge in [-0.1, -0.05) is 28.4 Å². The summed E-state index contributed by atoms with van der Waals surface area (Å²) < 4.78 is 31.6. The van der Waals surface area contributed by atoms with Gasteiger partial charge in [0.1, 0.15) is 4.90 Å². The Hall–Kier alpha value is -1.35. The molecule has 0 atom stereocenters. The first-order valence-electron chi connectivity index (χ1n) is 5.83. The third-order valence-electron chi connectivity index (χ3n) is 2.50. The number of nitrogens with two attached hydrogens (primary N) is 1. The molecule has 0 aliphatic carbocycles. The summed E-state index contributed by atoms with van der Waals surface area (Å²) in [5.74, 6) is 0.821. The Balaban J connectivity index is 2.12. The molecule has 2 aromatic rings. The molecule has 2 rings (SSSR count). The Morgan fingerprint density at radius 3 is 2.48 bits per heavy atom. The van der Waals surface area contributed by atoms with E-state index in [-0.39, 0.29) is 33.6 Å². The van der Waals surface area contributed by atoms with Crippen molar-refractivity contribution >= 4 is 38.9 Å². The molecular formula is C11H12Cl2N4O3S. The molecule has 1 heterocycles. The van der Waals surface area contributed by atoms with Gasteiger partial charge in [0, 0.05) is 25.6 Å². The van der Waals surface area contributed by atoms with Crippen molar-refractivity contribution in [2.75, 3.05) is 12.3 Å². The molecule has 0 spiro atoms. The van der Waals surface area contributed by atoms with E-state index in [1.807, 2.05) is 0 Å². The number of nitrogen functional groups attached to an aromatic ring is 1. The van der Waals surface area contributed by atoms with E-state index in [2.05, 4.69) is 14.9 Å². The predicted molar refractivity (Wildman–Crippen MR) is 78.8 cm³/mol. The van der Waals surface area contributed by atoms with E-state index in [0.717, 1.165) is 0 Å². The van der Waals surface area contributed by atoms with E-state index in [0.29, 0.717) is 11.7 Å². The molecule has 1 aromatic carbocycles. The molecule has 0 fully saturated rings. The van der Waals surface area contributed by atoms with Gasteiger partial charge in [0.25, 0.3) is 0 Å². The van der Waals surface area contributed by atoms with E-state index in [4.69, 9.17) is 33.5 Å². The van der Waals surface area contributed by atoms with E-state index in [9.17, 15) is 8.42 Å². The van der Waals surface area contributed by atoms with Crippen LogP contribution in [0.4, 0.5) is 5.69 Å². The summed E-state index contributed by atoms with van der Waals surface area (Å²) in [7, 11) is -3.86. The van der Waals surface area contributed by atoms with Gasteiger partial charge < -0.3 is 10.3 Å². The number of nitrogens with one attached hydrogen (secondary N) is 1. The number of rotatable bonds is 5. The second-order valence-corrected chi connectivity index (χ2v) is 6.71. The van der Waals surface area contributed by atoms with Crippen LogP contribution in [-0.2, 0) is 16.4 Å². The van der Waals surface area contributed by atoms with E-state index >= 15 is 0 Å². The molecule has 0 saturated carbocycles. The van der Waals surface area contributed by atoms with Crippen LogP contribution in [0.25, 0.3) is 0 Å². The smallest absolute Gasteiger partial charge is 0.243 e. The number of benzene rings is 1. The molecule has 0 saturated heterocycles. The van der Waals surface area contributed by atoms with Gasteiger partial charge in [0.2, 0.25) is 15.9 Å². The van der Waals surface area contributed by atoms with Crippen molar-refractivity contribution in [3.63, 3.8) is 0 Å². The number of aryl methyl sites for hydroxylation is 1. The van der Waals surface area contributed by atoms with Crippen molar-refractivity contribution in [1.29, 1.82) is 0 Å². The van der Waals surface area contributed by atoms with E-state index in [1.165, 1.54) is 12.1 Å². The van der Waals surface area contributed by atoms with Crippen molar-refractivity contribution in [2.45, 2.75) is 18.2 Å². The van der Waals surface area contributed by atoms with Crippen molar-refractivity contribution in [3.8, 4) is 0 Å². The van der Waals surface area contributed by atoms with Crippen LogP contribution in [0.15, 0.2) is 21.6 Å². The molecule has 10 heteroatoms. The molecule has 0 bridgehead atoms. The van der Waals surface area contributed by atoms with Crippen molar-refractivity contribution < 1.29 is 12.9 Å². The molecule has 1 aromatic heterocycles. The number of nitrogens with zero attached hydrogens (tertiary/aromatic N) is 2. The fraction of sp³-hybridized carbons (Fsp3) is 0.273. The lowest BCUT2D eigenvalue weighted by atomic mass is 10.3. The monoisotopic (exact) mass is 350 g/mol. The maximum Gasteiger partial charge on any atom is 0.243 e. The number of halogens is 2. The van der Waals surface area contributed by atoms with Crippen LogP contribution in [0.3, 0.4) is 0 Å². The van der Waals surface area contributed by atoms with Crippen LogP contribution < -0.4 is 10.5 Å². The zero-order valence-electron chi connectivity index (χ0n) is 10.9. The normalized spacial score (nSPS) is 11.8. The highest BCUT2D eigenvalue weighted by molar-refractivity contribution is 7.89. The van der Waals surface area contributed by atoms with Crippen LogP contribution in [-0.4, -0.2) is 25.1 Å². The van der Waals surface area contributed by atoms with Crippen LogP contribution in [0.2, 0.25) is 10.0 Å². The number of sulfonamides is 1. The van der Waals surface area contributed by atoms with Gasteiger partial charge in [-0.05, 0) is 12.1 Å². The molecule has 0 radical (unpaired) electrons. The molecule has 0 amide bonds. The molecule has 0 aliphatic rings. The standard InChI is InChI=1S/C11H12Cl2N4O3S/c1-6-16-10(17-20-6)2-3-15-21(18,19)11-8(12)4-7(14)5-9(11)13/h4-5,15H,2-3,14H2,1H3. The number of hydrogen-bond donors (Lipinski definition) is 2. The maximum atomic E-state index is 12.2. The lowest BCUT2D eigenvalue weighted by Gasteiger charge is -2.10.